The summed E-state index contributed by atoms with van der Waals surface area (Å²) in [5.74, 6) is -0.891. The van der Waals surface area contributed by atoms with Gasteiger partial charge in [-0.1, -0.05) is 268 Å². The molecule has 70 heavy (non-hydrogen) atoms. The number of carbonyl (C=O) groups excluding carboxylic acids is 3. The van der Waals surface area contributed by atoms with Crippen LogP contribution in [-0.2, 0) is 28.6 Å². The van der Waals surface area contributed by atoms with Gasteiger partial charge in [-0.2, -0.15) is 0 Å². The Morgan fingerprint density at radius 3 is 0.800 bits per heavy atom. The van der Waals surface area contributed by atoms with E-state index in [0.717, 1.165) is 96.3 Å². The fourth-order valence-electron chi connectivity index (χ4n) is 8.92. The topological polar surface area (TPSA) is 78.9 Å². The smallest absolute Gasteiger partial charge is 0.306 e. The van der Waals surface area contributed by atoms with Crippen LogP contribution in [0.15, 0.2) is 48.6 Å². The van der Waals surface area contributed by atoms with E-state index in [2.05, 4.69) is 69.4 Å². The normalized spacial score (nSPS) is 12.3. The fraction of sp³-hybridized carbons (Fsp3) is 0.828. The second kappa shape index (κ2) is 58.9. The zero-order valence-electron chi connectivity index (χ0n) is 46.8. The Morgan fingerprint density at radius 1 is 0.286 bits per heavy atom. The second-order valence-electron chi connectivity index (χ2n) is 20.6. The van der Waals surface area contributed by atoms with Gasteiger partial charge in [0.15, 0.2) is 6.10 Å². The molecular formula is C64H116O6. The van der Waals surface area contributed by atoms with Crippen molar-refractivity contribution in [2.24, 2.45) is 0 Å². The summed E-state index contributed by atoms with van der Waals surface area (Å²) in [4.78, 5) is 37.8. The van der Waals surface area contributed by atoms with Crippen molar-refractivity contribution in [2.45, 2.75) is 329 Å². The van der Waals surface area contributed by atoms with Gasteiger partial charge in [0.05, 0.1) is 0 Å². The molecule has 0 aliphatic heterocycles. The molecule has 1 unspecified atom stereocenters. The van der Waals surface area contributed by atoms with E-state index in [0.29, 0.717) is 19.3 Å². The Labute approximate surface area is 435 Å². The molecule has 0 saturated heterocycles. The number of carbonyl (C=O) groups is 3. The Kier molecular flexibility index (Phi) is 56.7. The van der Waals surface area contributed by atoms with Gasteiger partial charge in [0, 0.05) is 19.3 Å². The van der Waals surface area contributed by atoms with Gasteiger partial charge in [-0.05, 0) is 83.5 Å². The monoisotopic (exact) mass is 981 g/mol. The number of hydrogen-bond donors (Lipinski definition) is 0. The lowest BCUT2D eigenvalue weighted by Crippen LogP contribution is -2.30. The molecular weight excluding hydrogens is 865 g/mol. The first-order chi connectivity index (χ1) is 34.5. The van der Waals surface area contributed by atoms with Crippen LogP contribution in [0.5, 0.6) is 0 Å². The Morgan fingerprint density at radius 2 is 0.514 bits per heavy atom. The third kappa shape index (κ3) is 56.3. The van der Waals surface area contributed by atoms with Crippen molar-refractivity contribution >= 4 is 17.9 Å². The molecule has 0 amide bonds. The minimum Gasteiger partial charge on any atom is -0.462 e. The van der Waals surface area contributed by atoms with Gasteiger partial charge in [0.1, 0.15) is 13.2 Å². The lowest BCUT2D eigenvalue weighted by molar-refractivity contribution is -0.167. The van der Waals surface area contributed by atoms with Gasteiger partial charge in [-0.15, -0.1) is 0 Å². The number of hydrogen-bond acceptors (Lipinski definition) is 6. The third-order valence-corrected chi connectivity index (χ3v) is 13.6. The average molecular weight is 982 g/mol. The highest BCUT2D eigenvalue weighted by molar-refractivity contribution is 5.71. The van der Waals surface area contributed by atoms with E-state index in [4.69, 9.17) is 14.2 Å². The zero-order chi connectivity index (χ0) is 50.7. The number of ether oxygens (including phenoxy) is 3. The predicted molar refractivity (Wildman–Crippen MR) is 302 cm³/mol. The lowest BCUT2D eigenvalue weighted by Gasteiger charge is -2.18. The van der Waals surface area contributed by atoms with Gasteiger partial charge >= 0.3 is 17.9 Å². The SMILES string of the molecule is CCCCCC/C=C\C/C=C\CCCCCCCC(=O)OC(COC(=O)CCCCCCC)COC(=O)CCCCCCCCCCCCCCCCCCCCC/C=C\C/C=C\CCCCCCC. The number of unbranched alkanes of at least 4 members (excludes halogenated alkanes) is 37. The molecule has 0 aliphatic carbocycles. The summed E-state index contributed by atoms with van der Waals surface area (Å²) in [5.41, 5.74) is 0. The van der Waals surface area contributed by atoms with Gasteiger partial charge < -0.3 is 14.2 Å². The first-order valence-electron chi connectivity index (χ1n) is 30.6. The molecule has 0 aromatic heterocycles. The molecule has 6 heteroatoms. The van der Waals surface area contributed by atoms with Crippen LogP contribution in [0.2, 0.25) is 0 Å². The van der Waals surface area contributed by atoms with Crippen molar-refractivity contribution < 1.29 is 28.6 Å². The Hall–Kier alpha value is -2.63. The van der Waals surface area contributed by atoms with Crippen LogP contribution in [0.3, 0.4) is 0 Å². The maximum Gasteiger partial charge on any atom is 0.306 e. The maximum absolute atomic E-state index is 12.8. The second-order valence-corrected chi connectivity index (χ2v) is 20.6. The summed E-state index contributed by atoms with van der Waals surface area (Å²) in [7, 11) is 0. The quantitative estimate of drug-likeness (QED) is 0.0261. The van der Waals surface area contributed by atoms with Gasteiger partial charge in [-0.3, -0.25) is 14.4 Å². The van der Waals surface area contributed by atoms with Gasteiger partial charge in [0.25, 0.3) is 0 Å². The molecule has 0 N–H and O–H groups in total. The number of allylic oxidation sites excluding steroid dienone is 8. The molecule has 0 aliphatic rings. The molecule has 0 rings (SSSR count). The van der Waals surface area contributed by atoms with Crippen molar-refractivity contribution in [1.29, 1.82) is 0 Å². The summed E-state index contributed by atoms with van der Waals surface area (Å²) in [6, 6.07) is 0. The van der Waals surface area contributed by atoms with Crippen molar-refractivity contribution in [3.05, 3.63) is 48.6 Å². The zero-order valence-corrected chi connectivity index (χ0v) is 46.8. The largest absolute Gasteiger partial charge is 0.462 e. The highest BCUT2D eigenvalue weighted by Crippen LogP contribution is 2.17. The molecule has 1 atom stereocenters. The predicted octanol–water partition coefficient (Wildman–Crippen LogP) is 20.6. The van der Waals surface area contributed by atoms with E-state index >= 15 is 0 Å². The van der Waals surface area contributed by atoms with Gasteiger partial charge in [0.2, 0.25) is 0 Å². The Balaban J connectivity index is 3.95. The molecule has 0 aromatic carbocycles. The molecule has 0 fully saturated rings. The average Bonchev–Trinajstić information content (AvgIpc) is 3.36. The minimum absolute atomic E-state index is 0.0760. The lowest BCUT2D eigenvalue weighted by atomic mass is 10.0. The first kappa shape index (κ1) is 67.4. The van der Waals surface area contributed by atoms with Crippen molar-refractivity contribution in [1.82, 2.24) is 0 Å². The Bertz CT molecular complexity index is 1220. The number of esters is 3. The van der Waals surface area contributed by atoms with E-state index in [1.165, 1.54) is 186 Å². The van der Waals surface area contributed by atoms with Crippen LogP contribution in [0.25, 0.3) is 0 Å². The minimum atomic E-state index is -0.774. The van der Waals surface area contributed by atoms with Gasteiger partial charge in [-0.25, -0.2) is 0 Å². The van der Waals surface area contributed by atoms with Crippen molar-refractivity contribution in [3.63, 3.8) is 0 Å². The molecule has 0 saturated carbocycles. The van der Waals surface area contributed by atoms with Crippen LogP contribution in [-0.4, -0.2) is 37.2 Å². The van der Waals surface area contributed by atoms with E-state index in [-0.39, 0.29) is 31.1 Å². The van der Waals surface area contributed by atoms with Crippen LogP contribution in [0, 0.1) is 0 Å². The summed E-state index contributed by atoms with van der Waals surface area (Å²) in [6.07, 6.45) is 73.2. The summed E-state index contributed by atoms with van der Waals surface area (Å²) in [6.45, 7) is 6.55. The maximum atomic E-state index is 12.8. The summed E-state index contributed by atoms with van der Waals surface area (Å²) >= 11 is 0. The molecule has 6 nitrogen and oxygen atoms in total. The highest BCUT2D eigenvalue weighted by Gasteiger charge is 2.19. The van der Waals surface area contributed by atoms with Crippen molar-refractivity contribution in [3.8, 4) is 0 Å². The molecule has 0 spiro atoms. The van der Waals surface area contributed by atoms with E-state index in [9.17, 15) is 14.4 Å². The standard InChI is InChI=1S/C64H116O6/c1-4-7-10-13-15-17-19-21-23-25-26-27-28-29-30-31-32-33-34-35-36-37-38-39-41-42-44-46-48-51-54-57-63(66)69-60-61(59-68-62(65)56-53-50-12-9-6-3)70-64(67)58-55-52-49-47-45-43-40-24-22-20-18-16-14-11-8-5-2/h18-21,24-26,40,61H,4-17,22-23,27-39,41-60H2,1-3H3/b20-18-,21-19-,26-25-,40-24-. The highest BCUT2D eigenvalue weighted by atomic mass is 16.6. The van der Waals surface area contributed by atoms with Crippen LogP contribution >= 0.6 is 0 Å². The molecule has 0 bridgehead atoms. The van der Waals surface area contributed by atoms with E-state index < -0.39 is 6.10 Å². The van der Waals surface area contributed by atoms with Crippen molar-refractivity contribution in [2.75, 3.05) is 13.2 Å². The summed E-state index contributed by atoms with van der Waals surface area (Å²) < 4.78 is 16.7. The first-order valence-corrected chi connectivity index (χ1v) is 30.6. The van der Waals surface area contributed by atoms with Crippen LogP contribution < -0.4 is 0 Å². The molecule has 0 heterocycles. The van der Waals surface area contributed by atoms with E-state index in [1.807, 2.05) is 0 Å². The fourth-order valence-corrected chi connectivity index (χ4v) is 8.92. The third-order valence-electron chi connectivity index (χ3n) is 13.6. The summed E-state index contributed by atoms with van der Waals surface area (Å²) in [5, 5.41) is 0. The molecule has 0 radical (unpaired) electrons. The number of rotatable bonds is 56. The molecule has 408 valence electrons. The van der Waals surface area contributed by atoms with Crippen LogP contribution in [0.4, 0.5) is 0 Å². The van der Waals surface area contributed by atoms with E-state index in [1.54, 1.807) is 0 Å². The van der Waals surface area contributed by atoms with Crippen LogP contribution in [0.1, 0.15) is 323 Å². The molecule has 0 aromatic rings.